The minimum absolute atomic E-state index is 0.451. The van der Waals surface area contributed by atoms with E-state index in [0.717, 1.165) is 21.4 Å². The number of nitrogens with zero attached hydrogens (tertiary/aromatic N) is 2. The van der Waals surface area contributed by atoms with Gasteiger partial charge in [0.1, 0.15) is 22.6 Å². The molecule has 0 N–H and O–H groups in total. The van der Waals surface area contributed by atoms with Crippen molar-refractivity contribution in [1.82, 2.24) is 0 Å². The van der Waals surface area contributed by atoms with Gasteiger partial charge in [0.25, 0.3) is 0 Å². The van der Waals surface area contributed by atoms with Crippen molar-refractivity contribution in [3.05, 3.63) is 54.6 Å². The zero-order valence-electron chi connectivity index (χ0n) is 11.1. The molecule has 21 heavy (non-hydrogen) atoms. The van der Waals surface area contributed by atoms with E-state index in [1.165, 1.54) is 11.8 Å². The Hall–Kier alpha value is -2.45. The van der Waals surface area contributed by atoms with E-state index in [2.05, 4.69) is 5.16 Å². The highest BCUT2D eigenvalue weighted by Crippen LogP contribution is 2.29. The molecule has 0 amide bonds. The van der Waals surface area contributed by atoms with Gasteiger partial charge < -0.3 is 9.57 Å². The molecule has 1 unspecified atom stereocenters. The van der Waals surface area contributed by atoms with Gasteiger partial charge in [0.2, 0.25) is 6.10 Å². The van der Waals surface area contributed by atoms with E-state index < -0.39 is 6.10 Å². The Morgan fingerprint density at radius 2 is 1.81 bits per heavy atom. The normalized spacial score (nSPS) is 16.7. The van der Waals surface area contributed by atoms with Crippen LogP contribution in [0, 0.1) is 11.3 Å². The van der Waals surface area contributed by atoms with Gasteiger partial charge in [-0.15, -0.1) is 0 Å². The van der Waals surface area contributed by atoms with Crippen molar-refractivity contribution in [2.45, 2.75) is 17.4 Å². The summed E-state index contributed by atoms with van der Waals surface area (Å²) in [5, 5.41) is 13.5. The van der Waals surface area contributed by atoms with Crippen molar-refractivity contribution in [3.8, 4) is 17.6 Å². The first-order chi connectivity index (χ1) is 10.3. The fourth-order valence-corrected chi connectivity index (χ4v) is 2.68. The van der Waals surface area contributed by atoms with Crippen molar-refractivity contribution >= 4 is 16.8 Å². The van der Waals surface area contributed by atoms with E-state index in [1.807, 2.05) is 60.7 Å². The third kappa shape index (κ3) is 3.56. The maximum absolute atomic E-state index is 8.75. The van der Waals surface area contributed by atoms with Crippen LogP contribution < -0.4 is 4.74 Å². The molecule has 0 aliphatic carbocycles. The van der Waals surface area contributed by atoms with Crippen LogP contribution in [0.1, 0.15) is 6.42 Å². The summed E-state index contributed by atoms with van der Waals surface area (Å²) < 4.78 is 5.73. The van der Waals surface area contributed by atoms with Gasteiger partial charge in [-0.3, -0.25) is 0 Å². The Bertz CT molecular complexity index is 678. The number of para-hydroxylation sites is 1. The molecular formula is C16H12N2O2S. The van der Waals surface area contributed by atoms with Gasteiger partial charge in [-0.05, 0) is 36.4 Å². The van der Waals surface area contributed by atoms with Crippen LogP contribution in [-0.2, 0) is 4.84 Å². The zero-order valence-corrected chi connectivity index (χ0v) is 11.9. The summed E-state index contributed by atoms with van der Waals surface area (Å²) in [7, 11) is 0. The predicted octanol–water partition coefficient (Wildman–Crippen LogP) is 4.20. The number of benzene rings is 2. The Morgan fingerprint density at radius 3 is 2.48 bits per heavy atom. The van der Waals surface area contributed by atoms with Crippen LogP contribution in [0.15, 0.2) is 64.6 Å². The van der Waals surface area contributed by atoms with Gasteiger partial charge in [0.15, 0.2) is 0 Å². The van der Waals surface area contributed by atoms with Crippen LogP contribution in [0.2, 0.25) is 0 Å². The number of oxime groups is 1. The van der Waals surface area contributed by atoms with Gasteiger partial charge in [-0.1, -0.05) is 35.1 Å². The predicted molar refractivity (Wildman–Crippen MR) is 81.4 cm³/mol. The van der Waals surface area contributed by atoms with E-state index in [-0.39, 0.29) is 0 Å². The Kier molecular flexibility index (Phi) is 4.08. The number of ether oxygens (including phenoxy) is 1. The molecule has 0 aromatic heterocycles. The first-order valence-electron chi connectivity index (χ1n) is 6.46. The standard InChI is InChI=1S/C16H12N2O2S/c17-11-14-10-16(18-20-14)21-15-8-6-13(7-9-15)19-12-4-2-1-3-5-12/h1-9,14H,10H2. The second-order valence-corrected chi connectivity index (χ2v) is 5.55. The first-order valence-corrected chi connectivity index (χ1v) is 7.28. The summed E-state index contributed by atoms with van der Waals surface area (Å²) in [6.45, 7) is 0. The number of rotatable bonds is 3. The lowest BCUT2D eigenvalue weighted by molar-refractivity contribution is 0.125. The molecule has 2 aromatic rings. The lowest BCUT2D eigenvalue weighted by atomic mass is 10.3. The highest BCUT2D eigenvalue weighted by Gasteiger charge is 2.20. The quantitative estimate of drug-likeness (QED) is 0.852. The van der Waals surface area contributed by atoms with Gasteiger partial charge in [-0.25, -0.2) is 0 Å². The molecule has 3 rings (SSSR count). The van der Waals surface area contributed by atoms with Crippen LogP contribution in [0.25, 0.3) is 0 Å². The fraction of sp³-hybridized carbons (Fsp3) is 0.125. The molecule has 0 spiro atoms. The number of hydrogen-bond acceptors (Lipinski definition) is 5. The van der Waals surface area contributed by atoms with Gasteiger partial charge >= 0.3 is 0 Å². The smallest absolute Gasteiger partial charge is 0.218 e. The molecule has 0 fully saturated rings. The summed E-state index contributed by atoms with van der Waals surface area (Å²) in [4.78, 5) is 6.01. The average Bonchev–Trinajstić information content (AvgIpc) is 2.98. The van der Waals surface area contributed by atoms with E-state index >= 15 is 0 Å². The topological polar surface area (TPSA) is 54.6 Å². The summed E-state index contributed by atoms with van der Waals surface area (Å²) in [5.41, 5.74) is 0. The lowest BCUT2D eigenvalue weighted by Crippen LogP contribution is -2.01. The van der Waals surface area contributed by atoms with Crippen molar-refractivity contribution < 1.29 is 9.57 Å². The molecule has 1 heterocycles. The summed E-state index contributed by atoms with van der Waals surface area (Å²) in [5.74, 6) is 1.59. The van der Waals surface area contributed by atoms with Crippen LogP contribution in [0.5, 0.6) is 11.5 Å². The highest BCUT2D eigenvalue weighted by atomic mass is 32.2. The van der Waals surface area contributed by atoms with Crippen molar-refractivity contribution in [2.24, 2.45) is 5.16 Å². The van der Waals surface area contributed by atoms with Crippen molar-refractivity contribution in [2.75, 3.05) is 0 Å². The molecule has 0 saturated heterocycles. The SMILES string of the molecule is N#CC1CC(Sc2ccc(Oc3ccccc3)cc2)=NO1. The molecule has 1 aliphatic rings. The second kappa shape index (κ2) is 6.33. The Labute approximate surface area is 127 Å². The second-order valence-electron chi connectivity index (χ2n) is 4.40. The van der Waals surface area contributed by atoms with E-state index in [1.54, 1.807) is 0 Å². The number of hydrogen-bond donors (Lipinski definition) is 0. The minimum atomic E-state index is -0.451. The van der Waals surface area contributed by atoms with E-state index in [0.29, 0.717) is 6.42 Å². The lowest BCUT2D eigenvalue weighted by Gasteiger charge is -2.06. The van der Waals surface area contributed by atoms with Crippen LogP contribution in [0.3, 0.4) is 0 Å². The maximum Gasteiger partial charge on any atom is 0.218 e. The van der Waals surface area contributed by atoms with Gasteiger partial charge in [0.05, 0.1) is 6.42 Å². The fourth-order valence-electron chi connectivity index (χ4n) is 1.82. The van der Waals surface area contributed by atoms with Crippen molar-refractivity contribution in [1.29, 1.82) is 5.26 Å². The molecular weight excluding hydrogens is 284 g/mol. The molecule has 0 radical (unpaired) electrons. The molecule has 4 nitrogen and oxygen atoms in total. The Morgan fingerprint density at radius 1 is 1.10 bits per heavy atom. The monoisotopic (exact) mass is 296 g/mol. The first kappa shape index (κ1) is 13.5. The van der Waals surface area contributed by atoms with Crippen LogP contribution in [0.4, 0.5) is 0 Å². The zero-order chi connectivity index (χ0) is 14.5. The third-order valence-electron chi connectivity index (χ3n) is 2.82. The third-order valence-corrected chi connectivity index (χ3v) is 3.81. The number of thioether (sulfide) groups is 1. The van der Waals surface area contributed by atoms with Crippen molar-refractivity contribution in [3.63, 3.8) is 0 Å². The van der Waals surface area contributed by atoms with Crippen LogP contribution >= 0.6 is 11.8 Å². The molecule has 1 atom stereocenters. The van der Waals surface area contributed by atoms with Crippen LogP contribution in [-0.4, -0.2) is 11.1 Å². The molecule has 5 heteroatoms. The van der Waals surface area contributed by atoms with E-state index in [9.17, 15) is 0 Å². The van der Waals surface area contributed by atoms with Gasteiger partial charge in [-0.2, -0.15) is 5.26 Å². The minimum Gasteiger partial charge on any atom is -0.457 e. The largest absolute Gasteiger partial charge is 0.457 e. The molecule has 2 aromatic carbocycles. The highest BCUT2D eigenvalue weighted by molar-refractivity contribution is 8.14. The molecule has 104 valence electrons. The molecule has 0 bridgehead atoms. The maximum atomic E-state index is 8.75. The molecule has 0 saturated carbocycles. The van der Waals surface area contributed by atoms with E-state index in [4.69, 9.17) is 14.8 Å². The Balaban J connectivity index is 1.61. The summed E-state index contributed by atoms with van der Waals surface area (Å²) in [6, 6.07) is 19.4. The summed E-state index contributed by atoms with van der Waals surface area (Å²) >= 11 is 1.50. The molecule has 1 aliphatic heterocycles. The average molecular weight is 296 g/mol. The summed E-state index contributed by atoms with van der Waals surface area (Å²) in [6.07, 6.45) is 0.0943. The van der Waals surface area contributed by atoms with Gasteiger partial charge in [0, 0.05) is 4.90 Å². The number of nitriles is 1.